The third-order valence-electron chi connectivity index (χ3n) is 2.75. The summed E-state index contributed by atoms with van der Waals surface area (Å²) in [7, 11) is 0. The second-order valence-corrected chi connectivity index (χ2v) is 4.59. The molecule has 4 nitrogen and oxygen atoms in total. The summed E-state index contributed by atoms with van der Waals surface area (Å²) in [4.78, 5) is 15.4. The van der Waals surface area contributed by atoms with Gasteiger partial charge in [0.2, 0.25) is 5.91 Å². The zero-order valence-corrected chi connectivity index (χ0v) is 11.2. The molecule has 1 atom stereocenters. The minimum absolute atomic E-state index is 0.0261. The number of nitrogens with one attached hydrogen (secondary N) is 1. The Bertz CT molecular complexity index is 586. The summed E-state index contributed by atoms with van der Waals surface area (Å²) >= 11 is 6.10. The Hall–Kier alpha value is -2.07. The molecular formula is C14H14ClN3O. The van der Waals surface area contributed by atoms with Crippen LogP contribution in [0.5, 0.6) is 0 Å². The molecule has 1 aromatic carbocycles. The normalized spacial score (nSPS) is 11.9. The van der Waals surface area contributed by atoms with E-state index in [1.807, 2.05) is 25.1 Å². The summed E-state index contributed by atoms with van der Waals surface area (Å²) in [5.41, 5.74) is 7.22. The van der Waals surface area contributed by atoms with Crippen LogP contribution in [0.2, 0.25) is 5.02 Å². The molecular weight excluding hydrogens is 262 g/mol. The number of aromatic nitrogens is 1. The van der Waals surface area contributed by atoms with Crippen LogP contribution in [-0.4, -0.2) is 10.9 Å². The Balaban J connectivity index is 2.23. The van der Waals surface area contributed by atoms with Crippen molar-refractivity contribution in [2.75, 3.05) is 5.32 Å². The summed E-state index contributed by atoms with van der Waals surface area (Å²) in [6, 6.07) is 10.6. The van der Waals surface area contributed by atoms with Crippen LogP contribution in [0.4, 0.5) is 5.69 Å². The highest BCUT2D eigenvalue weighted by Gasteiger charge is 2.10. The van der Waals surface area contributed by atoms with Gasteiger partial charge in [-0.3, -0.25) is 9.78 Å². The largest absolute Gasteiger partial charge is 0.376 e. The summed E-state index contributed by atoms with van der Waals surface area (Å²) < 4.78 is 0. The maximum atomic E-state index is 11.2. The van der Waals surface area contributed by atoms with Crippen LogP contribution in [0.1, 0.15) is 29.0 Å². The standard InChI is InChI=1S/C14H14ClN3O/c1-9(12-4-2-3-7-17-12)18-13-8-10(14(16)19)5-6-11(13)15/h2-9,18H,1H3,(H2,16,19). The third-order valence-corrected chi connectivity index (χ3v) is 3.08. The number of carbonyl (C=O) groups excluding carboxylic acids is 1. The molecule has 0 saturated carbocycles. The quantitative estimate of drug-likeness (QED) is 0.901. The molecule has 0 aliphatic rings. The van der Waals surface area contributed by atoms with Crippen molar-refractivity contribution in [2.24, 2.45) is 5.73 Å². The molecule has 0 aliphatic carbocycles. The number of anilines is 1. The molecule has 0 spiro atoms. The monoisotopic (exact) mass is 275 g/mol. The maximum Gasteiger partial charge on any atom is 0.248 e. The molecule has 3 N–H and O–H groups in total. The van der Waals surface area contributed by atoms with Crippen LogP contribution in [0.25, 0.3) is 0 Å². The van der Waals surface area contributed by atoms with E-state index < -0.39 is 5.91 Å². The highest BCUT2D eigenvalue weighted by atomic mass is 35.5. The molecule has 2 rings (SSSR count). The number of amides is 1. The summed E-state index contributed by atoms with van der Waals surface area (Å²) in [6.07, 6.45) is 1.73. The van der Waals surface area contributed by atoms with E-state index >= 15 is 0 Å². The van der Waals surface area contributed by atoms with Crippen molar-refractivity contribution < 1.29 is 4.79 Å². The molecule has 0 fully saturated rings. The van der Waals surface area contributed by atoms with E-state index in [1.54, 1.807) is 24.4 Å². The molecule has 0 aliphatic heterocycles. The summed E-state index contributed by atoms with van der Waals surface area (Å²) in [5, 5.41) is 3.75. The zero-order chi connectivity index (χ0) is 13.8. The number of rotatable bonds is 4. The molecule has 0 bridgehead atoms. The van der Waals surface area contributed by atoms with Crippen LogP contribution >= 0.6 is 11.6 Å². The van der Waals surface area contributed by atoms with Gasteiger partial charge in [0, 0.05) is 11.8 Å². The maximum absolute atomic E-state index is 11.2. The van der Waals surface area contributed by atoms with Crippen molar-refractivity contribution in [1.29, 1.82) is 0 Å². The van der Waals surface area contributed by atoms with Crippen molar-refractivity contribution in [3.63, 3.8) is 0 Å². The Morgan fingerprint density at radius 2 is 2.16 bits per heavy atom. The van der Waals surface area contributed by atoms with Crippen LogP contribution in [0, 0.1) is 0 Å². The van der Waals surface area contributed by atoms with Crippen LogP contribution in [-0.2, 0) is 0 Å². The van der Waals surface area contributed by atoms with Crippen molar-refractivity contribution in [1.82, 2.24) is 4.98 Å². The lowest BCUT2D eigenvalue weighted by molar-refractivity contribution is 0.100. The average molecular weight is 276 g/mol. The summed E-state index contributed by atoms with van der Waals surface area (Å²) in [6.45, 7) is 1.97. The van der Waals surface area contributed by atoms with E-state index in [0.29, 0.717) is 16.3 Å². The Kier molecular flexibility index (Phi) is 4.02. The van der Waals surface area contributed by atoms with E-state index in [2.05, 4.69) is 10.3 Å². The molecule has 0 radical (unpaired) electrons. The van der Waals surface area contributed by atoms with Gasteiger partial charge in [-0.05, 0) is 37.3 Å². The molecule has 1 amide bonds. The van der Waals surface area contributed by atoms with Crippen molar-refractivity contribution in [2.45, 2.75) is 13.0 Å². The second kappa shape index (κ2) is 5.71. The second-order valence-electron chi connectivity index (χ2n) is 4.18. The van der Waals surface area contributed by atoms with E-state index in [1.165, 1.54) is 0 Å². The van der Waals surface area contributed by atoms with Gasteiger partial charge in [0.1, 0.15) is 0 Å². The van der Waals surface area contributed by atoms with Crippen LogP contribution in [0.3, 0.4) is 0 Å². The predicted octanol–water partition coefficient (Wildman–Crippen LogP) is 3.01. The number of pyridine rings is 1. The van der Waals surface area contributed by atoms with E-state index in [-0.39, 0.29) is 6.04 Å². The van der Waals surface area contributed by atoms with Gasteiger partial charge in [-0.25, -0.2) is 0 Å². The van der Waals surface area contributed by atoms with Gasteiger partial charge in [0.15, 0.2) is 0 Å². The van der Waals surface area contributed by atoms with Gasteiger partial charge in [0.05, 0.1) is 22.4 Å². The molecule has 1 heterocycles. The first kappa shape index (κ1) is 13.4. The lowest BCUT2D eigenvalue weighted by Gasteiger charge is -2.16. The number of primary amides is 1. The Labute approximate surface area is 116 Å². The first-order chi connectivity index (χ1) is 9.08. The fourth-order valence-corrected chi connectivity index (χ4v) is 1.90. The van der Waals surface area contributed by atoms with Crippen molar-refractivity contribution in [3.05, 3.63) is 58.9 Å². The number of nitrogens with zero attached hydrogens (tertiary/aromatic N) is 1. The lowest BCUT2D eigenvalue weighted by atomic mass is 10.1. The van der Waals surface area contributed by atoms with Gasteiger partial charge in [-0.2, -0.15) is 0 Å². The smallest absolute Gasteiger partial charge is 0.248 e. The lowest BCUT2D eigenvalue weighted by Crippen LogP contribution is -2.13. The Morgan fingerprint density at radius 1 is 1.37 bits per heavy atom. The molecule has 2 aromatic rings. The van der Waals surface area contributed by atoms with E-state index in [0.717, 1.165) is 5.69 Å². The molecule has 1 unspecified atom stereocenters. The van der Waals surface area contributed by atoms with Crippen molar-refractivity contribution >= 4 is 23.2 Å². The number of halogens is 1. The zero-order valence-electron chi connectivity index (χ0n) is 10.4. The van der Waals surface area contributed by atoms with Gasteiger partial charge >= 0.3 is 0 Å². The first-order valence-corrected chi connectivity index (χ1v) is 6.22. The van der Waals surface area contributed by atoms with E-state index in [9.17, 15) is 4.79 Å². The molecule has 5 heteroatoms. The summed E-state index contributed by atoms with van der Waals surface area (Å²) in [5.74, 6) is -0.481. The minimum Gasteiger partial charge on any atom is -0.376 e. The third kappa shape index (κ3) is 3.23. The fourth-order valence-electron chi connectivity index (χ4n) is 1.73. The average Bonchev–Trinajstić information content (AvgIpc) is 2.42. The number of hydrogen-bond acceptors (Lipinski definition) is 3. The SMILES string of the molecule is CC(Nc1cc(C(N)=O)ccc1Cl)c1ccccn1. The molecule has 0 saturated heterocycles. The molecule has 19 heavy (non-hydrogen) atoms. The van der Waals surface area contributed by atoms with Gasteiger partial charge in [-0.15, -0.1) is 0 Å². The topological polar surface area (TPSA) is 68.0 Å². The van der Waals surface area contributed by atoms with Crippen LogP contribution in [0.15, 0.2) is 42.6 Å². The van der Waals surface area contributed by atoms with Crippen LogP contribution < -0.4 is 11.1 Å². The predicted molar refractivity (Wildman–Crippen MR) is 76.2 cm³/mol. The highest BCUT2D eigenvalue weighted by molar-refractivity contribution is 6.33. The number of benzene rings is 1. The van der Waals surface area contributed by atoms with E-state index in [4.69, 9.17) is 17.3 Å². The highest BCUT2D eigenvalue weighted by Crippen LogP contribution is 2.26. The van der Waals surface area contributed by atoms with Gasteiger partial charge in [0.25, 0.3) is 0 Å². The fraction of sp³-hybridized carbons (Fsp3) is 0.143. The number of nitrogens with two attached hydrogens (primary N) is 1. The number of carbonyl (C=O) groups is 1. The number of hydrogen-bond donors (Lipinski definition) is 2. The Morgan fingerprint density at radius 3 is 2.79 bits per heavy atom. The van der Waals surface area contributed by atoms with Gasteiger partial charge < -0.3 is 11.1 Å². The van der Waals surface area contributed by atoms with Gasteiger partial charge in [-0.1, -0.05) is 17.7 Å². The van der Waals surface area contributed by atoms with Crippen molar-refractivity contribution in [3.8, 4) is 0 Å². The molecule has 98 valence electrons. The molecule has 1 aromatic heterocycles. The first-order valence-electron chi connectivity index (χ1n) is 5.84. The minimum atomic E-state index is -0.481.